The third-order valence-electron chi connectivity index (χ3n) is 16.6. The number of hydrogen-bond donors (Lipinski definition) is 3. The summed E-state index contributed by atoms with van der Waals surface area (Å²) in [5, 5.41) is 31.8. The Balaban J connectivity index is 0.000000296. The summed E-state index contributed by atoms with van der Waals surface area (Å²) < 4.78 is 60.8. The summed E-state index contributed by atoms with van der Waals surface area (Å²) in [7, 11) is 0. The van der Waals surface area contributed by atoms with Crippen molar-refractivity contribution in [2.24, 2.45) is 35.5 Å². The summed E-state index contributed by atoms with van der Waals surface area (Å²) in [4.78, 5) is 83.7. The first-order valence-corrected chi connectivity index (χ1v) is 31.5. The molecule has 3 aliphatic heterocycles. The van der Waals surface area contributed by atoms with Gasteiger partial charge >= 0.3 is 36.4 Å². The molecule has 3 aliphatic carbocycles. The predicted octanol–water partition coefficient (Wildman–Crippen LogP) is 12.6. The molecule has 0 bridgehead atoms. The van der Waals surface area contributed by atoms with Crippen molar-refractivity contribution in [3.8, 4) is 0 Å². The van der Waals surface area contributed by atoms with Crippen LogP contribution in [0, 0.1) is 41.3 Å². The Bertz CT molecular complexity index is 2870. The number of hydrogen-bond acceptors (Lipinski definition) is 21. The van der Waals surface area contributed by atoms with E-state index in [0.717, 1.165) is 69.5 Å². The van der Waals surface area contributed by atoms with E-state index < -0.39 is 66.6 Å². The van der Waals surface area contributed by atoms with Crippen LogP contribution in [-0.2, 0) is 76.8 Å². The minimum absolute atomic E-state index is 0. The van der Waals surface area contributed by atoms with Gasteiger partial charge in [-0.15, -0.1) is 37.2 Å². The number of nitrogens with zero attached hydrogens (tertiary/aromatic N) is 3. The molecule has 0 spiro atoms. The standard InChI is InChI=1S/C23H28FNO6.2C23H29NO6.3ClH/c1-15-5-3-2-4-6-17-10-19(11-20(17)21(26)7-8-22(27)30-15)31-23(28)29-14-16-9-18(24)13-25-12-16;1-16-7-3-2-4-8-17-13-19(14-20(17)21(25)10-11-22(26)29-16)30-23(27)28-15-18-9-5-6-12-24-18;1-16-6-3-2-4-8-18-12-19(13-20(18)21(25)9-10-22(26)29-16)30-23(27)28-15-17-7-5-11-24-14-17;;;/h4,6-9,12-13,15,17,19-21,26H,2-3,5,10-11,14H2,1H3;4-6,8-12,16-17,19-21,25H,2-3,7,13-15H2,1H3;4-5,7-11,14,16,18-21,25H,2-3,6,12-13,15H2,1H3;3*1H/b6-4+,8-7+;8-4+,11-10+;8-4+,10-9+;;;/t15-,17+,19-,20+,21+;16-,17+,19-,20+,21+;16-,18+,19-,20+,21+;;;/m000.../s1. The molecule has 0 unspecified atom stereocenters. The van der Waals surface area contributed by atoms with Crippen LogP contribution in [0.2, 0.25) is 0 Å². The van der Waals surface area contributed by atoms with Crippen LogP contribution in [0.3, 0.4) is 0 Å². The summed E-state index contributed by atoms with van der Waals surface area (Å²) in [6, 6.07) is 10.2. The fourth-order valence-corrected chi connectivity index (χ4v) is 12.0. The van der Waals surface area contributed by atoms with Gasteiger partial charge in [0.25, 0.3) is 0 Å². The Morgan fingerprint density at radius 1 is 0.500 bits per heavy atom. The van der Waals surface area contributed by atoms with Gasteiger partial charge in [-0.3, -0.25) is 15.0 Å². The second kappa shape index (κ2) is 42.3. The molecule has 0 amide bonds. The number of carbonyl (C=O) groups excluding carboxylic acids is 6. The van der Waals surface area contributed by atoms with Crippen molar-refractivity contribution in [2.75, 3.05) is 0 Å². The van der Waals surface area contributed by atoms with Crippen LogP contribution in [0.15, 0.2) is 140 Å². The Morgan fingerprint density at radius 2 is 0.904 bits per heavy atom. The van der Waals surface area contributed by atoms with Crippen LogP contribution >= 0.6 is 37.2 Å². The summed E-state index contributed by atoms with van der Waals surface area (Å²) in [6.07, 6.45) is 32.4. The van der Waals surface area contributed by atoms with Crippen molar-refractivity contribution in [3.63, 3.8) is 0 Å². The topological polar surface area (TPSA) is 285 Å². The van der Waals surface area contributed by atoms with Gasteiger partial charge in [-0.1, -0.05) is 48.6 Å². The molecule has 0 radical (unpaired) electrons. The molecule has 21 nitrogen and oxygen atoms in total. The Kier molecular flexibility index (Phi) is 35.6. The second-order valence-electron chi connectivity index (χ2n) is 23.8. The molecule has 3 aromatic rings. The zero-order valence-corrected chi connectivity index (χ0v) is 55.5. The third kappa shape index (κ3) is 28.4. The number of aromatic nitrogens is 3. The van der Waals surface area contributed by atoms with Gasteiger partial charge in [0.2, 0.25) is 0 Å². The maximum absolute atomic E-state index is 13.2. The highest BCUT2D eigenvalue weighted by atomic mass is 35.5. The summed E-state index contributed by atoms with van der Waals surface area (Å²) in [5.74, 6) is -2.30. The van der Waals surface area contributed by atoms with Gasteiger partial charge in [0, 0.05) is 54.1 Å². The Hall–Kier alpha value is -7.21. The molecule has 6 heterocycles. The zero-order chi connectivity index (χ0) is 64.9. The van der Waals surface area contributed by atoms with Crippen molar-refractivity contribution in [1.29, 1.82) is 0 Å². The predicted molar refractivity (Wildman–Crippen MR) is 349 cm³/mol. The van der Waals surface area contributed by atoms with Crippen LogP contribution in [0.5, 0.6) is 0 Å². The number of halogens is 4. The van der Waals surface area contributed by atoms with Crippen LogP contribution in [0.4, 0.5) is 18.8 Å². The average Bonchev–Trinajstić information content (AvgIpc) is 2.15. The number of aliphatic hydroxyl groups is 3. The van der Waals surface area contributed by atoms with Gasteiger partial charge in [0.1, 0.15) is 43.9 Å². The number of fused-ring (bicyclic) bond motifs is 3. The number of aliphatic hydroxyl groups excluding tert-OH is 3. The van der Waals surface area contributed by atoms with E-state index >= 15 is 0 Å². The number of carbonyl (C=O) groups is 6. The van der Waals surface area contributed by atoms with E-state index in [1.54, 1.807) is 36.8 Å². The number of allylic oxidation sites excluding steroid dienone is 6. The molecule has 516 valence electrons. The van der Waals surface area contributed by atoms with Gasteiger partial charge in [-0.2, -0.15) is 0 Å². The number of cyclic esters (lactones) is 3. The number of ether oxygens (including phenoxy) is 9. The quantitative estimate of drug-likeness (QED) is 0.102. The van der Waals surface area contributed by atoms with Gasteiger partial charge < -0.3 is 58.0 Å². The van der Waals surface area contributed by atoms with E-state index in [1.165, 1.54) is 48.7 Å². The molecular weight excluding hydrogens is 1280 g/mol. The maximum atomic E-state index is 13.2. The third-order valence-corrected chi connectivity index (χ3v) is 16.6. The SMILES string of the molecule is C[C@H]1CCC/C=C/[C@@H]2C[C@H](OC(=O)OCc3ccccn3)C[C@H]2[C@H](O)/C=C/C(=O)O1.C[C@H]1CCC/C=C/[C@@H]2C[C@H](OC(=O)OCc3cccnc3)C[C@H]2[C@H](O)/C=C/C(=O)O1.C[C@H]1CCC/C=C/[C@@H]2C[C@H](OC(=O)OCc3cncc(F)c3)C[C@H]2[C@H](O)/C=C/C(=O)O1.Cl.Cl.Cl. The first-order valence-electron chi connectivity index (χ1n) is 31.5. The summed E-state index contributed by atoms with van der Waals surface area (Å²) in [5.41, 5.74) is 1.84. The highest BCUT2D eigenvalue weighted by molar-refractivity contribution is 5.86. The van der Waals surface area contributed by atoms with E-state index in [0.29, 0.717) is 49.8 Å². The van der Waals surface area contributed by atoms with E-state index in [4.69, 9.17) is 42.6 Å². The van der Waals surface area contributed by atoms with Crippen molar-refractivity contribution in [3.05, 3.63) is 163 Å². The number of rotatable bonds is 9. The van der Waals surface area contributed by atoms with Gasteiger partial charge in [-0.25, -0.2) is 33.2 Å². The van der Waals surface area contributed by atoms with Gasteiger partial charge in [0.05, 0.1) is 48.5 Å². The Morgan fingerprint density at radius 3 is 1.29 bits per heavy atom. The molecular formula is C69H89Cl3FN3O18. The van der Waals surface area contributed by atoms with Gasteiger partial charge in [-0.05, 0) is 195 Å². The molecule has 9 rings (SSSR count). The number of pyridine rings is 3. The van der Waals surface area contributed by atoms with Crippen LogP contribution < -0.4 is 0 Å². The largest absolute Gasteiger partial charge is 0.508 e. The minimum atomic E-state index is -0.874. The molecule has 25 heteroatoms. The molecule has 3 saturated carbocycles. The minimum Gasteiger partial charge on any atom is -0.460 e. The molecule has 0 aromatic carbocycles. The van der Waals surface area contributed by atoms with E-state index in [9.17, 15) is 48.5 Å². The first-order chi connectivity index (χ1) is 43.9. The highest BCUT2D eigenvalue weighted by Crippen LogP contribution is 2.41. The van der Waals surface area contributed by atoms with Crippen molar-refractivity contribution in [2.45, 2.75) is 192 Å². The fraction of sp³-hybridized carbons (Fsp3) is 0.522. The smallest absolute Gasteiger partial charge is 0.460 e. The highest BCUT2D eigenvalue weighted by Gasteiger charge is 2.41. The van der Waals surface area contributed by atoms with Crippen molar-refractivity contribution in [1.82, 2.24) is 15.0 Å². The molecule has 15 atom stereocenters. The normalized spacial score (nSPS) is 30.6. The maximum Gasteiger partial charge on any atom is 0.508 e. The van der Waals surface area contributed by atoms with Gasteiger partial charge in [0.15, 0.2) is 0 Å². The Labute approximate surface area is 567 Å². The zero-order valence-electron chi connectivity index (χ0n) is 53.1. The lowest BCUT2D eigenvalue weighted by molar-refractivity contribution is -0.143. The van der Waals surface area contributed by atoms with E-state index in [2.05, 4.69) is 51.4 Å². The molecule has 6 aliphatic rings. The molecule has 3 aromatic heterocycles. The molecule has 3 fully saturated rings. The fourth-order valence-electron chi connectivity index (χ4n) is 12.0. The summed E-state index contributed by atoms with van der Waals surface area (Å²) in [6.45, 7) is 5.59. The first kappa shape index (κ1) is 79.2. The molecule has 94 heavy (non-hydrogen) atoms. The lowest BCUT2D eigenvalue weighted by Crippen LogP contribution is -2.22. The monoisotopic (exact) mass is 1370 g/mol. The average molecular weight is 1370 g/mol. The van der Waals surface area contributed by atoms with Crippen LogP contribution in [-0.4, -0.2) is 122 Å². The van der Waals surface area contributed by atoms with E-state index in [-0.39, 0.29) is 123 Å². The molecule has 3 N–H and O–H groups in total. The lowest BCUT2D eigenvalue weighted by Gasteiger charge is -2.19. The number of esters is 3. The second-order valence-corrected chi connectivity index (χ2v) is 23.8. The summed E-state index contributed by atoms with van der Waals surface area (Å²) >= 11 is 0. The molecule has 0 saturated heterocycles. The van der Waals surface area contributed by atoms with E-state index in [1.807, 2.05) is 32.9 Å². The van der Waals surface area contributed by atoms with Crippen LogP contribution in [0.1, 0.15) is 134 Å². The van der Waals surface area contributed by atoms with Crippen molar-refractivity contribution >= 4 is 73.6 Å². The lowest BCUT2D eigenvalue weighted by atomic mass is 9.90. The van der Waals surface area contributed by atoms with Crippen molar-refractivity contribution < 1.29 is 91.1 Å². The van der Waals surface area contributed by atoms with Crippen LogP contribution in [0.25, 0.3) is 0 Å².